The first kappa shape index (κ1) is 37.8. The number of unbranched alkanes of at least 4 members (excludes halogenated alkanes) is 1. The zero-order valence-corrected chi connectivity index (χ0v) is 30.5. The number of benzene rings is 3. The molecule has 3 aliphatic heterocycles. The van der Waals surface area contributed by atoms with E-state index in [1.54, 1.807) is 29.2 Å². The Morgan fingerprint density at radius 2 is 1.60 bits per heavy atom. The van der Waals surface area contributed by atoms with Gasteiger partial charge in [0.25, 0.3) is 21.9 Å². The fraction of sp³-hybridized carbons (Fsp3) is 0.351. The summed E-state index contributed by atoms with van der Waals surface area (Å²) < 4.78 is 31.8. The van der Waals surface area contributed by atoms with Crippen molar-refractivity contribution in [3.63, 3.8) is 0 Å². The van der Waals surface area contributed by atoms with Gasteiger partial charge in [0.05, 0.1) is 29.0 Å². The number of likely N-dealkylation sites (N-methyl/N-ethyl adjacent to an activating group) is 1. The predicted octanol–water partition coefficient (Wildman–Crippen LogP) is 4.49. The van der Waals surface area contributed by atoms with Crippen LogP contribution in [0.3, 0.4) is 0 Å². The molecule has 0 saturated carbocycles. The van der Waals surface area contributed by atoms with Gasteiger partial charge in [-0.25, -0.2) is 9.79 Å². The van der Waals surface area contributed by atoms with E-state index >= 15 is 0 Å². The van der Waals surface area contributed by atoms with E-state index in [0.717, 1.165) is 48.8 Å². The van der Waals surface area contributed by atoms with Crippen LogP contribution < -0.4 is 4.90 Å². The molecule has 3 aromatic carbocycles. The van der Waals surface area contributed by atoms with E-state index < -0.39 is 39.6 Å². The Morgan fingerprint density at radius 1 is 0.906 bits per heavy atom. The third-order valence-electron chi connectivity index (χ3n) is 9.42. The molecule has 3 aliphatic rings. The Kier molecular flexibility index (Phi) is 11.4. The Balaban J connectivity index is 1.01. The molecule has 278 valence electrons. The summed E-state index contributed by atoms with van der Waals surface area (Å²) in [7, 11) is -2.75. The van der Waals surface area contributed by atoms with Gasteiger partial charge in [0, 0.05) is 56.0 Å². The van der Waals surface area contributed by atoms with Crippen molar-refractivity contribution in [2.45, 2.75) is 50.2 Å². The summed E-state index contributed by atoms with van der Waals surface area (Å²) in [6.45, 7) is 3.40. The van der Waals surface area contributed by atoms with Crippen LogP contribution in [0.15, 0.2) is 71.7 Å². The van der Waals surface area contributed by atoms with Crippen molar-refractivity contribution in [2.24, 2.45) is 4.99 Å². The SMILES string of the molecule is CN1CCN(C2=Nc3cc(Cl)ccc3N(C(=O)CCCCC(=O)CCc3ccc(C(=O)ON4C(=O)CC(S(=O)(=O)O)C4=O)cc3)c3ccccc32)CC1. The fourth-order valence-corrected chi connectivity index (χ4v) is 7.31. The van der Waals surface area contributed by atoms with E-state index in [9.17, 15) is 32.4 Å². The van der Waals surface area contributed by atoms with Crippen molar-refractivity contribution in [1.29, 1.82) is 0 Å². The molecule has 3 heterocycles. The molecule has 1 N–H and O–H groups in total. The lowest BCUT2D eigenvalue weighted by Gasteiger charge is -2.35. The molecule has 53 heavy (non-hydrogen) atoms. The summed E-state index contributed by atoms with van der Waals surface area (Å²) in [5, 5.41) is -1.46. The highest BCUT2D eigenvalue weighted by molar-refractivity contribution is 7.87. The van der Waals surface area contributed by atoms with Crippen molar-refractivity contribution >= 4 is 74.1 Å². The number of imide groups is 1. The van der Waals surface area contributed by atoms with Crippen LogP contribution in [-0.4, -0.2) is 102 Å². The van der Waals surface area contributed by atoms with Gasteiger partial charge in [-0.2, -0.15) is 8.42 Å². The number of aryl methyl sites for hydroxylation is 1. The summed E-state index contributed by atoms with van der Waals surface area (Å²) in [6.07, 6.45) is 1.34. The third-order valence-corrected chi connectivity index (χ3v) is 10.7. The number of amidine groups is 1. The number of hydroxylamine groups is 2. The quantitative estimate of drug-likeness (QED) is 0.166. The van der Waals surface area contributed by atoms with Crippen molar-refractivity contribution in [1.82, 2.24) is 14.9 Å². The van der Waals surface area contributed by atoms with Gasteiger partial charge in [0.15, 0.2) is 5.25 Å². The largest absolute Gasteiger partial charge is 0.363 e. The molecule has 3 amide bonds. The number of anilines is 2. The molecule has 2 saturated heterocycles. The molecule has 0 aromatic heterocycles. The number of Topliss-reactive ketones (excluding diaryl/α,β-unsaturated/α-hetero) is 1. The van der Waals surface area contributed by atoms with Gasteiger partial charge in [-0.15, -0.1) is 5.06 Å². The lowest BCUT2D eigenvalue weighted by atomic mass is 10.0. The zero-order chi connectivity index (χ0) is 37.9. The molecule has 0 spiro atoms. The number of nitrogens with zero attached hydrogens (tertiary/aromatic N) is 5. The van der Waals surface area contributed by atoms with Gasteiger partial charge in [0.1, 0.15) is 11.6 Å². The number of aliphatic imine (C=N–C) groups is 1. The van der Waals surface area contributed by atoms with Gasteiger partial charge in [0.2, 0.25) is 5.91 Å². The third kappa shape index (κ3) is 8.65. The normalized spacial score (nSPS) is 17.6. The lowest BCUT2D eigenvalue weighted by molar-refractivity contribution is -0.172. The van der Waals surface area contributed by atoms with Crippen LogP contribution >= 0.6 is 11.6 Å². The second-order valence-electron chi connectivity index (χ2n) is 13.2. The Bertz CT molecular complexity index is 2080. The fourth-order valence-electron chi connectivity index (χ4n) is 6.44. The maximum absolute atomic E-state index is 13.9. The number of rotatable bonds is 11. The highest BCUT2D eigenvalue weighted by Crippen LogP contribution is 2.42. The topological polar surface area (TPSA) is 174 Å². The first-order valence-corrected chi connectivity index (χ1v) is 19.1. The van der Waals surface area contributed by atoms with E-state index in [4.69, 9.17) is 26.0 Å². The Morgan fingerprint density at radius 3 is 2.30 bits per heavy atom. The predicted molar refractivity (Wildman–Crippen MR) is 196 cm³/mol. The van der Waals surface area contributed by atoms with Crippen molar-refractivity contribution in [3.05, 3.63) is 88.4 Å². The minimum absolute atomic E-state index is 0.0134. The molecule has 0 aliphatic carbocycles. The highest BCUT2D eigenvalue weighted by Gasteiger charge is 2.48. The molecule has 16 heteroatoms. The van der Waals surface area contributed by atoms with Gasteiger partial charge >= 0.3 is 5.97 Å². The molecule has 14 nitrogen and oxygen atoms in total. The standard InChI is InChI=1S/C37H38ClN5O9S/c1-40-18-20-41(21-19-40)35-28-7-3-4-8-30(28)42(31-17-15-26(38)22-29(31)39-35)33(45)9-5-2-6-27(44)16-12-24-10-13-25(14-11-24)37(48)52-43-34(46)23-32(36(43)47)53(49,50)51/h3-4,7-8,10-11,13-15,17,22,32H,2,5-6,9,12,16,18-21,23H2,1H3,(H,49,50,51). The summed E-state index contributed by atoms with van der Waals surface area (Å²) in [5.41, 5.74) is 3.61. The Hall–Kier alpha value is -4.96. The van der Waals surface area contributed by atoms with Crippen LogP contribution in [0.1, 0.15) is 60.0 Å². The molecule has 3 aromatic rings. The zero-order valence-electron chi connectivity index (χ0n) is 28.9. The average molecular weight is 764 g/mol. The summed E-state index contributed by atoms with van der Waals surface area (Å²) in [5.74, 6) is -2.78. The summed E-state index contributed by atoms with van der Waals surface area (Å²) in [6, 6.07) is 19.1. The molecule has 1 unspecified atom stereocenters. The molecular weight excluding hydrogens is 726 g/mol. The van der Waals surface area contributed by atoms with Gasteiger partial charge < -0.3 is 14.6 Å². The number of amides is 3. The van der Waals surface area contributed by atoms with Crippen molar-refractivity contribution in [3.8, 4) is 0 Å². The summed E-state index contributed by atoms with van der Waals surface area (Å²) in [4.78, 5) is 79.4. The molecular formula is C37H38ClN5O9S. The van der Waals surface area contributed by atoms with Crippen LogP contribution in [0.4, 0.5) is 17.1 Å². The van der Waals surface area contributed by atoms with E-state index in [0.29, 0.717) is 42.1 Å². The van der Waals surface area contributed by atoms with Gasteiger partial charge in [-0.05, 0) is 74.3 Å². The van der Waals surface area contributed by atoms with E-state index in [1.165, 1.54) is 12.1 Å². The van der Waals surface area contributed by atoms with Gasteiger partial charge in [-0.1, -0.05) is 35.9 Å². The van der Waals surface area contributed by atoms with Crippen LogP contribution in [-0.2, 0) is 40.6 Å². The molecule has 0 radical (unpaired) electrons. The number of para-hydroxylation sites is 1. The highest BCUT2D eigenvalue weighted by atomic mass is 35.5. The maximum Gasteiger partial charge on any atom is 0.363 e. The summed E-state index contributed by atoms with van der Waals surface area (Å²) >= 11 is 6.40. The van der Waals surface area contributed by atoms with Crippen LogP contribution in [0, 0.1) is 0 Å². The number of carbonyl (C=O) groups excluding carboxylic acids is 5. The van der Waals surface area contributed by atoms with Crippen LogP contribution in [0.25, 0.3) is 0 Å². The monoisotopic (exact) mass is 763 g/mol. The maximum atomic E-state index is 13.9. The molecule has 0 bridgehead atoms. The second kappa shape index (κ2) is 16.0. The number of carbonyl (C=O) groups is 5. The number of ketones is 1. The number of halogens is 1. The average Bonchev–Trinajstić information content (AvgIpc) is 3.33. The number of fused-ring (bicyclic) bond motifs is 2. The van der Waals surface area contributed by atoms with E-state index in [-0.39, 0.29) is 35.2 Å². The van der Waals surface area contributed by atoms with E-state index in [2.05, 4.69) is 16.8 Å². The first-order valence-electron chi connectivity index (χ1n) is 17.2. The number of hydrogen-bond donors (Lipinski definition) is 1. The number of hydrogen-bond acceptors (Lipinski definition) is 11. The molecule has 6 rings (SSSR count). The first-order chi connectivity index (χ1) is 25.3. The minimum atomic E-state index is -4.84. The van der Waals surface area contributed by atoms with Crippen LogP contribution in [0.2, 0.25) is 5.02 Å². The number of piperazine rings is 1. The smallest absolute Gasteiger partial charge is 0.353 e. The molecule has 1 atom stereocenters. The van der Waals surface area contributed by atoms with Gasteiger partial charge in [-0.3, -0.25) is 28.6 Å². The van der Waals surface area contributed by atoms with Crippen LogP contribution in [0.5, 0.6) is 0 Å². The Labute approximate surface area is 311 Å². The van der Waals surface area contributed by atoms with Crippen molar-refractivity contribution < 1.29 is 41.8 Å². The van der Waals surface area contributed by atoms with Crippen molar-refractivity contribution in [2.75, 3.05) is 38.1 Å². The second-order valence-corrected chi connectivity index (χ2v) is 15.2. The lowest BCUT2D eigenvalue weighted by Crippen LogP contribution is -2.47. The van der Waals surface area contributed by atoms with E-state index in [1.807, 2.05) is 30.3 Å². The minimum Gasteiger partial charge on any atom is -0.353 e. The molecule has 2 fully saturated rings.